The van der Waals surface area contributed by atoms with E-state index in [0.29, 0.717) is 19.4 Å². The van der Waals surface area contributed by atoms with Gasteiger partial charge < -0.3 is 14.2 Å². The molecule has 66 heavy (non-hydrogen) atoms. The van der Waals surface area contributed by atoms with Gasteiger partial charge in [0.15, 0.2) is 6.10 Å². The first kappa shape index (κ1) is 63.6. The minimum Gasteiger partial charge on any atom is -0.462 e. The Morgan fingerprint density at radius 2 is 0.682 bits per heavy atom. The molecule has 5 heteroatoms. The average molecular weight is 924 g/mol. The first-order valence-corrected chi connectivity index (χ1v) is 28.8. The van der Waals surface area contributed by atoms with Crippen molar-refractivity contribution in [2.75, 3.05) is 19.8 Å². The van der Waals surface area contributed by atoms with Crippen LogP contribution < -0.4 is 0 Å². The third kappa shape index (κ3) is 54.2. The molecule has 0 bridgehead atoms. The summed E-state index contributed by atoms with van der Waals surface area (Å²) >= 11 is 0. The zero-order valence-electron chi connectivity index (χ0n) is 44.2. The fourth-order valence-electron chi connectivity index (χ4n) is 8.22. The molecule has 0 aromatic carbocycles. The van der Waals surface area contributed by atoms with Crippen molar-refractivity contribution in [3.05, 3.63) is 60.8 Å². The first-order valence-electron chi connectivity index (χ1n) is 28.8. The van der Waals surface area contributed by atoms with Gasteiger partial charge in [-0.15, -0.1) is 0 Å². The normalized spacial score (nSPS) is 12.6. The number of hydrogen-bond acceptors (Lipinski definition) is 5. The van der Waals surface area contributed by atoms with E-state index in [-0.39, 0.29) is 25.2 Å². The molecule has 0 heterocycles. The monoisotopic (exact) mass is 923 g/mol. The Kier molecular flexibility index (Phi) is 54.9. The van der Waals surface area contributed by atoms with Gasteiger partial charge in [0.2, 0.25) is 0 Å². The molecule has 0 saturated carbocycles. The van der Waals surface area contributed by atoms with Crippen molar-refractivity contribution in [3.63, 3.8) is 0 Å². The van der Waals surface area contributed by atoms with Crippen LogP contribution in [0.25, 0.3) is 0 Å². The molecule has 1 unspecified atom stereocenters. The van der Waals surface area contributed by atoms with E-state index in [4.69, 9.17) is 14.2 Å². The van der Waals surface area contributed by atoms with Crippen molar-refractivity contribution in [1.29, 1.82) is 0 Å². The Morgan fingerprint density at radius 3 is 1.11 bits per heavy atom. The third-order valence-corrected chi connectivity index (χ3v) is 12.5. The molecule has 384 valence electrons. The van der Waals surface area contributed by atoms with Gasteiger partial charge in [0.25, 0.3) is 0 Å². The smallest absolute Gasteiger partial charge is 0.306 e. The summed E-state index contributed by atoms with van der Waals surface area (Å²) in [5.41, 5.74) is 0. The predicted molar refractivity (Wildman–Crippen MR) is 288 cm³/mol. The molecular weight excluding hydrogens is 813 g/mol. The van der Waals surface area contributed by atoms with Crippen LogP contribution in [0.2, 0.25) is 0 Å². The standard InChI is InChI=1S/C61H110O5/c1-4-7-10-13-16-19-22-25-28-31-33-36-39-42-45-48-51-54-60(62)65-58-59(57-64-56-53-50-47-44-41-38-35-30-27-24-21-18-15-12-9-6-3)66-61(63)55-52-49-46-43-40-37-34-32-29-26-23-20-17-14-11-8-5-2/h9,12,18,21,25-30,59H,4-8,10-11,13-17,19-20,22-24,31-58H2,1-3H3/b12-9-,21-18-,28-25-,29-26-,30-27-. The summed E-state index contributed by atoms with van der Waals surface area (Å²) in [7, 11) is 0. The summed E-state index contributed by atoms with van der Waals surface area (Å²) in [5, 5.41) is 0. The highest BCUT2D eigenvalue weighted by molar-refractivity contribution is 5.70. The van der Waals surface area contributed by atoms with Gasteiger partial charge in [0.05, 0.1) is 6.61 Å². The van der Waals surface area contributed by atoms with Gasteiger partial charge in [0, 0.05) is 19.4 Å². The number of carbonyl (C=O) groups excluding carboxylic acids is 2. The van der Waals surface area contributed by atoms with Crippen molar-refractivity contribution in [1.82, 2.24) is 0 Å². The molecule has 0 fully saturated rings. The molecule has 0 saturated heterocycles. The largest absolute Gasteiger partial charge is 0.462 e. The molecule has 0 aliphatic carbocycles. The number of ether oxygens (including phenoxy) is 3. The number of rotatable bonds is 53. The first-order chi connectivity index (χ1) is 32.6. The SMILES string of the molecule is CC/C=C\C/C=C\C/C=C\CCCCCCCCOCC(COC(=O)CCCCCCCCC/C=C\CCCCCCCC)OC(=O)CCCCCCCCC/C=C\CCCCCCCC. The fourth-order valence-corrected chi connectivity index (χ4v) is 8.22. The molecule has 0 radical (unpaired) electrons. The number of carbonyl (C=O) groups is 2. The van der Waals surface area contributed by atoms with Gasteiger partial charge in [-0.1, -0.05) is 236 Å². The Hall–Kier alpha value is -2.40. The molecule has 0 aliphatic heterocycles. The van der Waals surface area contributed by atoms with Gasteiger partial charge >= 0.3 is 11.9 Å². The molecule has 5 nitrogen and oxygen atoms in total. The second-order valence-electron chi connectivity index (χ2n) is 19.2. The molecule has 0 aromatic heterocycles. The van der Waals surface area contributed by atoms with Gasteiger partial charge in [-0.05, 0) is 103 Å². The van der Waals surface area contributed by atoms with Gasteiger partial charge in [-0.3, -0.25) is 9.59 Å². The van der Waals surface area contributed by atoms with Crippen LogP contribution in [0, 0.1) is 0 Å². The minimum atomic E-state index is -0.548. The molecule has 0 aliphatic rings. The van der Waals surface area contributed by atoms with Crippen molar-refractivity contribution in [3.8, 4) is 0 Å². The fraction of sp³-hybridized carbons (Fsp3) is 0.803. The van der Waals surface area contributed by atoms with E-state index in [1.165, 1.54) is 186 Å². The average Bonchev–Trinajstić information content (AvgIpc) is 3.32. The summed E-state index contributed by atoms with van der Waals surface area (Å²) in [6.45, 7) is 7.71. The van der Waals surface area contributed by atoms with Crippen LogP contribution in [-0.2, 0) is 23.8 Å². The van der Waals surface area contributed by atoms with Crippen LogP contribution in [0.5, 0.6) is 0 Å². The molecule has 0 spiro atoms. The zero-order chi connectivity index (χ0) is 47.7. The summed E-state index contributed by atoms with van der Waals surface area (Å²) in [5.74, 6) is -0.404. The number of esters is 2. The second-order valence-corrected chi connectivity index (χ2v) is 19.2. The van der Waals surface area contributed by atoms with E-state index in [2.05, 4.69) is 81.5 Å². The van der Waals surface area contributed by atoms with Gasteiger partial charge in [-0.2, -0.15) is 0 Å². The van der Waals surface area contributed by atoms with E-state index < -0.39 is 6.10 Å². The highest BCUT2D eigenvalue weighted by Gasteiger charge is 2.17. The minimum absolute atomic E-state index is 0.0766. The highest BCUT2D eigenvalue weighted by Crippen LogP contribution is 2.15. The topological polar surface area (TPSA) is 61.8 Å². The van der Waals surface area contributed by atoms with E-state index in [9.17, 15) is 9.59 Å². The Morgan fingerprint density at radius 1 is 0.348 bits per heavy atom. The van der Waals surface area contributed by atoms with Gasteiger partial charge in [-0.25, -0.2) is 0 Å². The Labute approximate surface area is 411 Å². The van der Waals surface area contributed by atoms with E-state index in [1.54, 1.807) is 0 Å². The summed E-state index contributed by atoms with van der Waals surface area (Å²) in [6, 6.07) is 0. The molecule has 0 amide bonds. The molecule has 1 atom stereocenters. The maximum Gasteiger partial charge on any atom is 0.306 e. The summed E-state index contributed by atoms with van der Waals surface area (Å²) in [4.78, 5) is 25.5. The van der Waals surface area contributed by atoms with E-state index in [0.717, 1.165) is 70.6 Å². The zero-order valence-corrected chi connectivity index (χ0v) is 44.2. The van der Waals surface area contributed by atoms with Crippen molar-refractivity contribution in [2.24, 2.45) is 0 Å². The van der Waals surface area contributed by atoms with E-state index >= 15 is 0 Å². The van der Waals surface area contributed by atoms with Crippen molar-refractivity contribution in [2.45, 2.75) is 297 Å². The van der Waals surface area contributed by atoms with Crippen LogP contribution in [0.15, 0.2) is 60.8 Å². The van der Waals surface area contributed by atoms with Gasteiger partial charge in [0.1, 0.15) is 6.61 Å². The van der Waals surface area contributed by atoms with Crippen molar-refractivity contribution >= 4 is 11.9 Å². The lowest BCUT2D eigenvalue weighted by Gasteiger charge is -2.18. The van der Waals surface area contributed by atoms with E-state index in [1.807, 2.05) is 0 Å². The summed E-state index contributed by atoms with van der Waals surface area (Å²) < 4.78 is 17.5. The summed E-state index contributed by atoms with van der Waals surface area (Å²) in [6.07, 6.45) is 72.4. The lowest BCUT2D eigenvalue weighted by molar-refractivity contribution is -0.163. The molecule has 0 aromatic rings. The maximum atomic E-state index is 12.9. The predicted octanol–water partition coefficient (Wildman–Crippen LogP) is 19.7. The quantitative estimate of drug-likeness (QED) is 0.0346. The van der Waals surface area contributed by atoms with Crippen molar-refractivity contribution < 1.29 is 23.8 Å². The highest BCUT2D eigenvalue weighted by atomic mass is 16.6. The number of unbranched alkanes of at least 4 members (excludes halogenated alkanes) is 32. The van der Waals surface area contributed by atoms with Crippen LogP contribution in [-0.4, -0.2) is 37.9 Å². The molecule has 0 rings (SSSR count). The Bertz CT molecular complexity index is 1130. The second kappa shape index (κ2) is 56.9. The van der Waals surface area contributed by atoms with Crippen LogP contribution >= 0.6 is 0 Å². The van der Waals surface area contributed by atoms with Crippen LogP contribution in [0.1, 0.15) is 290 Å². The third-order valence-electron chi connectivity index (χ3n) is 12.5. The number of allylic oxidation sites excluding steroid dienone is 10. The Balaban J connectivity index is 4.29. The lowest BCUT2D eigenvalue weighted by Crippen LogP contribution is -2.30. The lowest BCUT2D eigenvalue weighted by atomic mass is 10.1. The maximum absolute atomic E-state index is 12.9. The van der Waals surface area contributed by atoms with Crippen LogP contribution in [0.3, 0.4) is 0 Å². The number of hydrogen-bond donors (Lipinski definition) is 0. The van der Waals surface area contributed by atoms with Crippen LogP contribution in [0.4, 0.5) is 0 Å². The molecule has 0 N–H and O–H groups in total. The molecular formula is C61H110O5.